The first-order valence-corrected chi connectivity index (χ1v) is 12.5. The zero-order valence-electron chi connectivity index (χ0n) is 19.4. The lowest BCUT2D eigenvalue weighted by Crippen LogP contribution is -2.22. The molecule has 3 aromatic heterocycles. The lowest BCUT2D eigenvalue weighted by molar-refractivity contribution is -0.116. The van der Waals surface area contributed by atoms with Crippen molar-refractivity contribution in [3.8, 4) is 11.4 Å². The van der Waals surface area contributed by atoms with Gasteiger partial charge in [-0.15, -0.1) is 21.5 Å². The molecule has 0 fully saturated rings. The fraction of sp³-hybridized carbons (Fsp3) is 0.333. The van der Waals surface area contributed by atoms with E-state index in [1.54, 1.807) is 30.0 Å². The summed E-state index contributed by atoms with van der Waals surface area (Å²) >= 11 is 3.02. The molecular formula is C24H27N5O2S2. The maximum atomic E-state index is 11.6. The van der Waals surface area contributed by atoms with Crippen LogP contribution in [0.15, 0.2) is 57.6 Å². The van der Waals surface area contributed by atoms with Gasteiger partial charge in [-0.25, -0.2) is 4.98 Å². The van der Waals surface area contributed by atoms with Gasteiger partial charge < -0.3 is 4.42 Å². The van der Waals surface area contributed by atoms with Crippen LogP contribution in [0, 0.1) is 0 Å². The third-order valence-corrected chi connectivity index (χ3v) is 7.23. The van der Waals surface area contributed by atoms with Crippen LogP contribution in [0.25, 0.3) is 11.4 Å². The number of anilines is 1. The van der Waals surface area contributed by atoms with E-state index in [0.29, 0.717) is 17.4 Å². The number of rotatable bonds is 7. The van der Waals surface area contributed by atoms with Gasteiger partial charge in [-0.2, -0.15) is 0 Å². The molecule has 0 bridgehead atoms. The Morgan fingerprint density at radius 3 is 2.58 bits per heavy atom. The molecule has 172 valence electrons. The number of thiazole rings is 1. The molecule has 0 spiro atoms. The van der Waals surface area contributed by atoms with Crippen molar-refractivity contribution < 1.29 is 9.21 Å². The van der Waals surface area contributed by atoms with Gasteiger partial charge in [0, 0.05) is 30.7 Å². The lowest BCUT2D eigenvalue weighted by atomic mass is 9.87. The van der Waals surface area contributed by atoms with Crippen molar-refractivity contribution in [1.29, 1.82) is 0 Å². The minimum absolute atomic E-state index is 0.0381. The Kier molecular flexibility index (Phi) is 6.71. The first-order valence-electron chi connectivity index (χ1n) is 10.6. The van der Waals surface area contributed by atoms with Crippen molar-refractivity contribution in [2.75, 3.05) is 11.9 Å². The second-order valence-corrected chi connectivity index (χ2v) is 10.6. The van der Waals surface area contributed by atoms with Crippen molar-refractivity contribution in [3.63, 3.8) is 0 Å². The number of amides is 1. The van der Waals surface area contributed by atoms with E-state index in [4.69, 9.17) is 4.42 Å². The predicted octanol–water partition coefficient (Wildman–Crippen LogP) is 5.62. The Balaban J connectivity index is 1.59. The molecule has 9 heteroatoms. The Hall–Kier alpha value is -2.91. The van der Waals surface area contributed by atoms with Gasteiger partial charge in [0.25, 0.3) is 0 Å². The van der Waals surface area contributed by atoms with Crippen molar-refractivity contribution in [2.24, 2.45) is 0 Å². The molecule has 0 saturated heterocycles. The van der Waals surface area contributed by atoms with Crippen molar-refractivity contribution in [1.82, 2.24) is 19.7 Å². The number of carbonyl (C=O) groups excluding carboxylic acids is 1. The number of furan rings is 1. The lowest BCUT2D eigenvalue weighted by Gasteiger charge is -2.19. The summed E-state index contributed by atoms with van der Waals surface area (Å²) in [5, 5.41) is 12.4. The van der Waals surface area contributed by atoms with Crippen LogP contribution in [0.2, 0.25) is 0 Å². The van der Waals surface area contributed by atoms with Gasteiger partial charge in [-0.05, 0) is 23.1 Å². The van der Waals surface area contributed by atoms with Crippen LogP contribution in [-0.4, -0.2) is 32.7 Å². The minimum atomic E-state index is -0.0381. The highest BCUT2D eigenvalue weighted by molar-refractivity contribution is 7.98. The first-order chi connectivity index (χ1) is 15.7. The quantitative estimate of drug-likeness (QED) is 0.319. The minimum Gasteiger partial charge on any atom is -0.467 e. The van der Waals surface area contributed by atoms with Crippen LogP contribution in [-0.2, 0) is 22.5 Å². The molecule has 0 saturated carbocycles. The fourth-order valence-corrected chi connectivity index (χ4v) is 4.99. The van der Waals surface area contributed by atoms with E-state index >= 15 is 0 Å². The van der Waals surface area contributed by atoms with Crippen LogP contribution >= 0.6 is 23.1 Å². The van der Waals surface area contributed by atoms with Gasteiger partial charge in [0.1, 0.15) is 5.76 Å². The Labute approximate surface area is 201 Å². The van der Waals surface area contributed by atoms with Crippen LogP contribution in [0.3, 0.4) is 0 Å². The molecule has 33 heavy (non-hydrogen) atoms. The molecule has 0 aliphatic carbocycles. The van der Waals surface area contributed by atoms with Crippen LogP contribution in [0.5, 0.6) is 0 Å². The number of benzene rings is 1. The molecule has 0 aliphatic rings. The standard InChI is InChI=1S/C24H27N5O2S2/c1-16(30)28(5)22-25-19(14-32-22)15-33-23-27-26-21(29(23)13-20-7-6-12-31-20)17-8-10-18(11-9-17)24(2,3)4/h6-12,14H,13,15H2,1-5H3. The molecule has 1 aromatic carbocycles. The van der Waals surface area contributed by atoms with E-state index in [0.717, 1.165) is 28.0 Å². The molecule has 0 N–H and O–H groups in total. The summed E-state index contributed by atoms with van der Waals surface area (Å²) < 4.78 is 7.67. The molecule has 0 unspecified atom stereocenters. The van der Waals surface area contributed by atoms with Crippen molar-refractivity contribution in [3.05, 3.63) is 65.1 Å². The first kappa shape index (κ1) is 23.3. The Morgan fingerprint density at radius 2 is 1.94 bits per heavy atom. The number of thioether (sulfide) groups is 1. The van der Waals surface area contributed by atoms with E-state index in [1.165, 1.54) is 23.8 Å². The van der Waals surface area contributed by atoms with E-state index in [2.05, 4.69) is 64.8 Å². The molecule has 7 nitrogen and oxygen atoms in total. The second-order valence-electron chi connectivity index (χ2n) is 8.79. The van der Waals surface area contributed by atoms with Gasteiger partial charge in [0.15, 0.2) is 16.1 Å². The topological polar surface area (TPSA) is 77.1 Å². The van der Waals surface area contributed by atoms with Gasteiger partial charge in [0.2, 0.25) is 5.91 Å². The van der Waals surface area contributed by atoms with Gasteiger partial charge in [0.05, 0.1) is 18.5 Å². The average molecular weight is 482 g/mol. The predicted molar refractivity (Wildman–Crippen MR) is 133 cm³/mol. The molecule has 1 amide bonds. The molecule has 0 radical (unpaired) electrons. The number of hydrogen-bond donors (Lipinski definition) is 0. The molecular weight excluding hydrogens is 454 g/mol. The monoisotopic (exact) mass is 481 g/mol. The van der Waals surface area contributed by atoms with Crippen LogP contribution < -0.4 is 4.90 Å². The molecule has 0 aliphatic heterocycles. The zero-order chi connectivity index (χ0) is 23.6. The van der Waals surface area contributed by atoms with Gasteiger partial charge in [-0.3, -0.25) is 14.3 Å². The summed E-state index contributed by atoms with van der Waals surface area (Å²) in [6.07, 6.45) is 1.67. The van der Waals surface area contributed by atoms with Gasteiger partial charge in [-0.1, -0.05) is 56.8 Å². The summed E-state index contributed by atoms with van der Waals surface area (Å²) in [5.74, 6) is 2.22. The van der Waals surface area contributed by atoms with Gasteiger partial charge >= 0.3 is 0 Å². The third kappa shape index (κ3) is 5.36. The highest BCUT2D eigenvalue weighted by atomic mass is 32.2. The largest absolute Gasteiger partial charge is 0.467 e. The molecule has 4 rings (SSSR count). The van der Waals surface area contributed by atoms with Crippen molar-refractivity contribution in [2.45, 2.75) is 50.6 Å². The number of hydrogen-bond acceptors (Lipinski definition) is 7. The highest BCUT2D eigenvalue weighted by Crippen LogP contribution is 2.30. The number of carbonyl (C=O) groups is 1. The summed E-state index contributed by atoms with van der Waals surface area (Å²) in [6.45, 7) is 8.67. The zero-order valence-corrected chi connectivity index (χ0v) is 21.0. The normalized spacial score (nSPS) is 11.7. The van der Waals surface area contributed by atoms with E-state index in [-0.39, 0.29) is 11.3 Å². The summed E-state index contributed by atoms with van der Waals surface area (Å²) in [6, 6.07) is 12.3. The molecule has 4 aromatic rings. The summed E-state index contributed by atoms with van der Waals surface area (Å²) in [7, 11) is 1.73. The SMILES string of the molecule is CC(=O)N(C)c1nc(CSc2nnc(-c3ccc(C(C)(C)C)cc3)n2Cc2ccco2)cs1. The van der Waals surface area contributed by atoms with E-state index in [1.807, 2.05) is 17.5 Å². The molecule has 0 atom stereocenters. The summed E-state index contributed by atoms with van der Waals surface area (Å²) in [5.41, 5.74) is 3.27. The number of nitrogens with zero attached hydrogens (tertiary/aromatic N) is 5. The van der Waals surface area contributed by atoms with Crippen LogP contribution in [0.4, 0.5) is 5.13 Å². The maximum Gasteiger partial charge on any atom is 0.225 e. The second kappa shape index (κ2) is 9.52. The van der Waals surface area contributed by atoms with Crippen molar-refractivity contribution >= 4 is 34.1 Å². The maximum absolute atomic E-state index is 11.6. The highest BCUT2D eigenvalue weighted by Gasteiger charge is 2.19. The average Bonchev–Trinajstić information content (AvgIpc) is 3.53. The number of aromatic nitrogens is 4. The van der Waals surface area contributed by atoms with Crippen LogP contribution in [0.1, 0.15) is 44.7 Å². The summed E-state index contributed by atoms with van der Waals surface area (Å²) in [4.78, 5) is 17.7. The Morgan fingerprint density at radius 1 is 1.18 bits per heavy atom. The smallest absolute Gasteiger partial charge is 0.225 e. The Bertz CT molecular complexity index is 1220. The van der Waals surface area contributed by atoms with E-state index in [9.17, 15) is 4.79 Å². The third-order valence-electron chi connectivity index (χ3n) is 5.27. The van der Waals surface area contributed by atoms with E-state index < -0.39 is 0 Å². The molecule has 3 heterocycles. The fourth-order valence-electron chi connectivity index (χ4n) is 3.22.